The summed E-state index contributed by atoms with van der Waals surface area (Å²) in [5.74, 6) is 2.56. The quantitative estimate of drug-likeness (QED) is 0.858. The maximum Gasteiger partial charge on any atom is 0.191 e. The number of hydrogen-bond acceptors (Lipinski definition) is 5. The second-order valence-electron chi connectivity index (χ2n) is 4.76. The monoisotopic (exact) mass is 277 g/mol. The predicted molar refractivity (Wildman–Crippen MR) is 80.8 cm³/mol. The Hall–Kier alpha value is -1.91. The van der Waals surface area contributed by atoms with E-state index < -0.39 is 0 Å². The SMILES string of the molecule is COc1cc(CCNC2=NCCCCN2)cc(OC)c1. The third-order valence-electron chi connectivity index (χ3n) is 3.26. The zero-order chi connectivity index (χ0) is 14.2. The molecule has 0 amide bonds. The minimum Gasteiger partial charge on any atom is -0.497 e. The second kappa shape index (κ2) is 7.62. The molecule has 0 saturated carbocycles. The topological polar surface area (TPSA) is 54.9 Å². The Bertz CT molecular complexity index is 438. The zero-order valence-electron chi connectivity index (χ0n) is 12.2. The normalized spacial score (nSPS) is 14.8. The molecule has 0 aromatic heterocycles. The number of aliphatic imine (C=N–C) groups is 1. The van der Waals surface area contributed by atoms with E-state index in [1.807, 2.05) is 18.2 Å². The van der Waals surface area contributed by atoms with Crippen LogP contribution in [0.15, 0.2) is 23.2 Å². The maximum absolute atomic E-state index is 5.27. The minimum absolute atomic E-state index is 0.823. The van der Waals surface area contributed by atoms with E-state index in [9.17, 15) is 0 Å². The molecule has 0 saturated heterocycles. The number of guanidine groups is 1. The van der Waals surface area contributed by atoms with Gasteiger partial charge in [0.05, 0.1) is 14.2 Å². The van der Waals surface area contributed by atoms with Crippen LogP contribution in [0.25, 0.3) is 0 Å². The van der Waals surface area contributed by atoms with Gasteiger partial charge in [0.15, 0.2) is 5.96 Å². The van der Waals surface area contributed by atoms with Crippen molar-refractivity contribution in [3.05, 3.63) is 23.8 Å². The highest BCUT2D eigenvalue weighted by atomic mass is 16.5. The summed E-state index contributed by atoms with van der Waals surface area (Å²) in [5, 5.41) is 6.64. The Labute approximate surface area is 120 Å². The predicted octanol–water partition coefficient (Wildman–Crippen LogP) is 1.58. The van der Waals surface area contributed by atoms with Crippen LogP contribution < -0.4 is 20.1 Å². The first-order valence-electron chi connectivity index (χ1n) is 7.06. The van der Waals surface area contributed by atoms with Gasteiger partial charge in [-0.1, -0.05) is 0 Å². The van der Waals surface area contributed by atoms with Gasteiger partial charge in [0.1, 0.15) is 11.5 Å². The number of ether oxygens (including phenoxy) is 2. The lowest BCUT2D eigenvalue weighted by Gasteiger charge is -2.11. The molecule has 0 spiro atoms. The molecule has 1 heterocycles. The molecular weight excluding hydrogens is 254 g/mol. The van der Waals surface area contributed by atoms with E-state index in [4.69, 9.17) is 9.47 Å². The van der Waals surface area contributed by atoms with Crippen LogP contribution in [-0.2, 0) is 6.42 Å². The van der Waals surface area contributed by atoms with Crippen molar-refractivity contribution in [3.63, 3.8) is 0 Å². The molecule has 0 fully saturated rings. The Morgan fingerprint density at radius 2 is 1.90 bits per heavy atom. The number of nitrogens with zero attached hydrogens (tertiary/aromatic N) is 1. The lowest BCUT2D eigenvalue weighted by Crippen LogP contribution is -2.38. The molecule has 1 aromatic carbocycles. The zero-order valence-corrected chi connectivity index (χ0v) is 12.2. The Morgan fingerprint density at radius 3 is 2.60 bits per heavy atom. The summed E-state index contributed by atoms with van der Waals surface area (Å²) in [4.78, 5) is 4.47. The maximum atomic E-state index is 5.27. The van der Waals surface area contributed by atoms with Gasteiger partial charge in [-0.3, -0.25) is 4.99 Å². The van der Waals surface area contributed by atoms with E-state index >= 15 is 0 Å². The van der Waals surface area contributed by atoms with Crippen molar-refractivity contribution in [3.8, 4) is 11.5 Å². The molecule has 110 valence electrons. The summed E-state index contributed by atoms with van der Waals surface area (Å²) in [6.07, 6.45) is 3.24. The Balaban J connectivity index is 1.88. The summed E-state index contributed by atoms with van der Waals surface area (Å²) in [5.41, 5.74) is 1.18. The molecule has 20 heavy (non-hydrogen) atoms. The van der Waals surface area contributed by atoms with Gasteiger partial charge >= 0.3 is 0 Å². The van der Waals surface area contributed by atoms with Crippen molar-refractivity contribution in [1.29, 1.82) is 0 Å². The van der Waals surface area contributed by atoms with Crippen LogP contribution in [0.2, 0.25) is 0 Å². The molecule has 0 bridgehead atoms. The number of methoxy groups -OCH3 is 2. The van der Waals surface area contributed by atoms with E-state index in [-0.39, 0.29) is 0 Å². The summed E-state index contributed by atoms with van der Waals surface area (Å²) >= 11 is 0. The van der Waals surface area contributed by atoms with Crippen molar-refractivity contribution in [2.45, 2.75) is 19.3 Å². The van der Waals surface area contributed by atoms with Gasteiger partial charge in [-0.2, -0.15) is 0 Å². The average Bonchev–Trinajstić information content (AvgIpc) is 2.75. The van der Waals surface area contributed by atoms with E-state index in [0.717, 1.165) is 49.9 Å². The van der Waals surface area contributed by atoms with Crippen LogP contribution in [0, 0.1) is 0 Å². The van der Waals surface area contributed by atoms with Gasteiger partial charge in [0.2, 0.25) is 0 Å². The molecule has 2 N–H and O–H groups in total. The molecule has 0 atom stereocenters. The van der Waals surface area contributed by atoms with Gasteiger partial charge in [-0.25, -0.2) is 0 Å². The fourth-order valence-corrected chi connectivity index (χ4v) is 2.14. The summed E-state index contributed by atoms with van der Waals surface area (Å²) < 4.78 is 10.5. The van der Waals surface area contributed by atoms with Crippen LogP contribution in [0.4, 0.5) is 0 Å². The van der Waals surface area contributed by atoms with Crippen LogP contribution in [0.5, 0.6) is 11.5 Å². The van der Waals surface area contributed by atoms with Crippen LogP contribution >= 0.6 is 0 Å². The number of benzene rings is 1. The molecule has 0 aliphatic carbocycles. The molecule has 1 aliphatic rings. The van der Waals surface area contributed by atoms with Crippen molar-refractivity contribution >= 4 is 5.96 Å². The van der Waals surface area contributed by atoms with Crippen LogP contribution in [0.3, 0.4) is 0 Å². The molecule has 1 aliphatic heterocycles. The molecule has 0 radical (unpaired) electrons. The lowest BCUT2D eigenvalue weighted by atomic mass is 10.1. The fraction of sp³-hybridized carbons (Fsp3) is 0.533. The Morgan fingerprint density at radius 1 is 1.15 bits per heavy atom. The van der Waals surface area contributed by atoms with Crippen molar-refractivity contribution < 1.29 is 9.47 Å². The molecular formula is C15H23N3O2. The van der Waals surface area contributed by atoms with Crippen molar-refractivity contribution in [2.24, 2.45) is 4.99 Å². The van der Waals surface area contributed by atoms with Gasteiger partial charge in [-0.05, 0) is 37.0 Å². The third-order valence-corrected chi connectivity index (χ3v) is 3.26. The molecule has 5 nitrogen and oxygen atoms in total. The Kier molecular flexibility index (Phi) is 5.53. The first-order valence-corrected chi connectivity index (χ1v) is 7.06. The molecule has 1 aromatic rings. The summed E-state index contributed by atoms with van der Waals surface area (Å²) in [6, 6.07) is 5.95. The number of hydrogen-bond donors (Lipinski definition) is 2. The highest BCUT2D eigenvalue weighted by Crippen LogP contribution is 2.22. The number of rotatable bonds is 5. The van der Waals surface area contributed by atoms with E-state index in [1.54, 1.807) is 14.2 Å². The highest BCUT2D eigenvalue weighted by molar-refractivity contribution is 5.79. The van der Waals surface area contributed by atoms with Gasteiger partial charge in [0.25, 0.3) is 0 Å². The highest BCUT2D eigenvalue weighted by Gasteiger charge is 2.04. The average molecular weight is 277 g/mol. The molecule has 2 rings (SSSR count). The van der Waals surface area contributed by atoms with Gasteiger partial charge < -0.3 is 20.1 Å². The lowest BCUT2D eigenvalue weighted by molar-refractivity contribution is 0.393. The molecule has 0 unspecified atom stereocenters. The second-order valence-corrected chi connectivity index (χ2v) is 4.76. The first-order chi connectivity index (χ1) is 9.81. The largest absolute Gasteiger partial charge is 0.497 e. The van der Waals surface area contributed by atoms with E-state index in [1.165, 1.54) is 12.0 Å². The van der Waals surface area contributed by atoms with Crippen LogP contribution in [-0.4, -0.2) is 39.8 Å². The van der Waals surface area contributed by atoms with E-state index in [0.29, 0.717) is 0 Å². The standard InChI is InChI=1S/C15H23N3O2/c1-19-13-9-12(10-14(11-13)20-2)5-8-18-15-16-6-3-4-7-17-15/h9-11H,3-8H2,1-2H3,(H2,16,17,18). The van der Waals surface area contributed by atoms with Crippen LogP contribution in [0.1, 0.15) is 18.4 Å². The number of nitrogens with one attached hydrogen (secondary N) is 2. The first kappa shape index (κ1) is 14.5. The van der Waals surface area contributed by atoms with Gasteiger partial charge in [0, 0.05) is 25.7 Å². The van der Waals surface area contributed by atoms with Crippen molar-refractivity contribution in [2.75, 3.05) is 33.9 Å². The van der Waals surface area contributed by atoms with E-state index in [2.05, 4.69) is 15.6 Å². The molecule has 5 heteroatoms. The summed E-state index contributed by atoms with van der Waals surface area (Å²) in [7, 11) is 3.34. The van der Waals surface area contributed by atoms with Gasteiger partial charge in [-0.15, -0.1) is 0 Å². The fourth-order valence-electron chi connectivity index (χ4n) is 2.14. The smallest absolute Gasteiger partial charge is 0.191 e. The summed E-state index contributed by atoms with van der Waals surface area (Å²) in [6.45, 7) is 2.74. The third kappa shape index (κ3) is 4.33. The minimum atomic E-state index is 0.823. The van der Waals surface area contributed by atoms with Crippen molar-refractivity contribution in [1.82, 2.24) is 10.6 Å².